The van der Waals surface area contributed by atoms with Crippen molar-refractivity contribution in [3.8, 4) is 0 Å². The third-order valence-electron chi connectivity index (χ3n) is 3.98. The van der Waals surface area contributed by atoms with Crippen molar-refractivity contribution >= 4 is 0 Å². The summed E-state index contributed by atoms with van der Waals surface area (Å²) in [4.78, 5) is 0. The standard InChI is InChI=1S/C12H22O11.H2O/c13-1-3-5(15)6(16)9(19)12(22-3)23-10-4(2-14)21-11(20)8(18)7(10)17;/h3-20H,1-2H2;1H2/t3-,4-,5+,6+,7-,8-,9-,10-,11+,12+;/m1./s1/i13+1;. The van der Waals surface area contributed by atoms with Crippen LogP contribution in [0.5, 0.6) is 0 Å². The van der Waals surface area contributed by atoms with Gasteiger partial charge in [-0.2, -0.15) is 0 Å². The lowest BCUT2D eigenvalue weighted by molar-refractivity contribution is -0.355. The Morgan fingerprint density at radius 1 is 0.792 bits per heavy atom. The Bertz CT molecular complexity index is 379. The van der Waals surface area contributed by atoms with Gasteiger partial charge in [0.2, 0.25) is 0 Å². The Labute approximate surface area is 136 Å². The molecule has 12 nitrogen and oxygen atoms in total. The van der Waals surface area contributed by atoms with Crippen molar-refractivity contribution in [2.24, 2.45) is 0 Å². The van der Waals surface area contributed by atoms with Crippen molar-refractivity contribution in [3.05, 3.63) is 0 Å². The topological polar surface area (TPSA) is 221 Å². The number of hydrogen-bond donors (Lipinski definition) is 8. The van der Waals surface area contributed by atoms with Crippen LogP contribution in [-0.4, -0.2) is 121 Å². The average molecular weight is 361 g/mol. The fraction of sp³-hybridized carbons (Fsp3) is 1.00. The first-order chi connectivity index (χ1) is 10.8. The molecule has 24 heavy (non-hydrogen) atoms. The minimum absolute atomic E-state index is 0. The number of hydrogen-bond acceptors (Lipinski definition) is 11. The molecule has 2 heterocycles. The van der Waals surface area contributed by atoms with Crippen LogP contribution in [0.4, 0.5) is 0 Å². The Kier molecular flexibility index (Phi) is 7.86. The minimum Gasteiger partial charge on any atom is -0.412 e. The van der Waals surface area contributed by atoms with E-state index in [1.807, 2.05) is 0 Å². The minimum atomic E-state index is -1.74. The second-order valence-corrected chi connectivity index (χ2v) is 5.53. The fourth-order valence-electron chi connectivity index (χ4n) is 2.57. The van der Waals surface area contributed by atoms with Crippen molar-refractivity contribution in [1.29, 1.82) is 0 Å². The molecule has 0 spiro atoms. The van der Waals surface area contributed by atoms with Crippen LogP contribution in [0.25, 0.3) is 0 Å². The van der Waals surface area contributed by atoms with Crippen LogP contribution in [0.2, 0.25) is 0 Å². The van der Waals surface area contributed by atoms with Crippen LogP contribution in [-0.2, 0) is 14.2 Å². The van der Waals surface area contributed by atoms with E-state index in [9.17, 15) is 35.7 Å². The number of rotatable bonds is 4. The molecule has 0 aromatic rings. The molecule has 2 saturated heterocycles. The van der Waals surface area contributed by atoms with E-state index >= 15 is 0 Å². The van der Waals surface area contributed by atoms with E-state index in [0.717, 1.165) is 0 Å². The first kappa shape index (κ1) is 21.6. The van der Waals surface area contributed by atoms with Crippen molar-refractivity contribution in [3.63, 3.8) is 0 Å². The average Bonchev–Trinajstić information content (AvgIpc) is 2.55. The maximum atomic E-state index is 9.94. The van der Waals surface area contributed by atoms with Gasteiger partial charge in [-0.05, 0) is 0 Å². The number of aliphatic hydroxyl groups is 8. The summed E-state index contributed by atoms with van der Waals surface area (Å²) in [6, 6.07) is 0. The van der Waals surface area contributed by atoms with E-state index in [-0.39, 0.29) is 5.48 Å². The van der Waals surface area contributed by atoms with Gasteiger partial charge < -0.3 is 60.5 Å². The lowest BCUT2D eigenvalue weighted by Crippen LogP contribution is -2.64. The van der Waals surface area contributed by atoms with Crippen LogP contribution < -0.4 is 0 Å². The van der Waals surface area contributed by atoms with Crippen molar-refractivity contribution in [1.82, 2.24) is 0 Å². The van der Waals surface area contributed by atoms with E-state index in [0.29, 0.717) is 0 Å². The summed E-state index contributed by atoms with van der Waals surface area (Å²) in [5.41, 5.74) is 0. The van der Waals surface area contributed by atoms with Gasteiger partial charge in [-0.25, -0.2) is 0 Å². The highest BCUT2D eigenvalue weighted by Gasteiger charge is 2.50. The second-order valence-electron chi connectivity index (χ2n) is 5.53. The van der Waals surface area contributed by atoms with Crippen LogP contribution in [0.3, 0.4) is 0 Å². The van der Waals surface area contributed by atoms with Crippen molar-refractivity contribution in [2.75, 3.05) is 13.2 Å². The van der Waals surface area contributed by atoms with Gasteiger partial charge in [-0.15, -0.1) is 0 Å². The predicted octanol–water partition coefficient (Wildman–Crippen LogP) is -6.22. The van der Waals surface area contributed by atoms with Gasteiger partial charge in [-0.1, -0.05) is 0 Å². The summed E-state index contributed by atoms with van der Waals surface area (Å²) < 4.78 is 15.3. The Morgan fingerprint density at radius 3 is 1.96 bits per heavy atom. The highest BCUT2D eigenvalue weighted by Crippen LogP contribution is 2.28. The SMILES string of the molecule is O.OC[C@H]1O[C@H](O)[C@H](O)[C@@H](O)[C@@H]1O[C@@H]1O[C@H](C[17OH])[C@H](O)[C@H](O)[C@H]1O. The molecular formula is C12H24O12. The first-order valence-electron chi connectivity index (χ1n) is 7.08. The molecule has 0 aromatic heterocycles. The smallest absolute Gasteiger partial charge is 0.187 e. The Hall–Kier alpha value is -0.480. The van der Waals surface area contributed by atoms with E-state index in [1.165, 1.54) is 0 Å². The number of aliphatic hydroxyl groups excluding tert-OH is 8. The van der Waals surface area contributed by atoms with Crippen molar-refractivity contribution in [2.45, 2.75) is 61.4 Å². The maximum Gasteiger partial charge on any atom is 0.187 e. The molecule has 10 N–H and O–H groups in total. The molecule has 0 radical (unpaired) electrons. The molecule has 144 valence electrons. The van der Waals surface area contributed by atoms with Crippen molar-refractivity contribution < 1.29 is 60.5 Å². The molecule has 0 aliphatic carbocycles. The van der Waals surface area contributed by atoms with Gasteiger partial charge in [0, 0.05) is 0 Å². The lowest BCUT2D eigenvalue weighted by atomic mass is 9.97. The van der Waals surface area contributed by atoms with E-state index in [2.05, 4.69) is 0 Å². The van der Waals surface area contributed by atoms with Gasteiger partial charge in [0.25, 0.3) is 0 Å². The molecule has 0 saturated carbocycles. The zero-order valence-electron chi connectivity index (χ0n) is 12.5. The molecule has 0 unspecified atom stereocenters. The Morgan fingerprint density at radius 2 is 1.42 bits per heavy atom. The fourth-order valence-corrected chi connectivity index (χ4v) is 2.57. The van der Waals surface area contributed by atoms with Gasteiger partial charge >= 0.3 is 0 Å². The third kappa shape index (κ3) is 4.01. The second kappa shape index (κ2) is 8.75. The van der Waals surface area contributed by atoms with Crippen LogP contribution in [0.15, 0.2) is 0 Å². The number of ether oxygens (including phenoxy) is 3. The van der Waals surface area contributed by atoms with Gasteiger partial charge in [0.15, 0.2) is 12.6 Å². The molecule has 12 heteroatoms. The summed E-state index contributed by atoms with van der Waals surface area (Å²) in [5, 5.41) is 76.5. The lowest BCUT2D eigenvalue weighted by Gasteiger charge is -2.45. The molecule has 0 aromatic carbocycles. The summed E-state index contributed by atoms with van der Waals surface area (Å²) >= 11 is 0. The predicted molar refractivity (Wildman–Crippen MR) is 72.2 cm³/mol. The highest BCUT2D eigenvalue weighted by molar-refractivity contribution is 4.93. The molecule has 0 amide bonds. The van der Waals surface area contributed by atoms with Crippen LogP contribution in [0.1, 0.15) is 0 Å². The van der Waals surface area contributed by atoms with Gasteiger partial charge in [-0.3, -0.25) is 0 Å². The largest absolute Gasteiger partial charge is 0.412 e. The van der Waals surface area contributed by atoms with Gasteiger partial charge in [0.05, 0.1) is 13.2 Å². The molecule has 2 rings (SSSR count). The highest BCUT2D eigenvalue weighted by atomic mass is 17.2. The quantitative estimate of drug-likeness (QED) is 0.235. The zero-order chi connectivity index (χ0) is 17.3. The van der Waals surface area contributed by atoms with E-state index in [4.69, 9.17) is 19.3 Å². The molecule has 2 aliphatic rings. The molecule has 2 aliphatic heterocycles. The van der Waals surface area contributed by atoms with Crippen LogP contribution in [0, 0.1) is 0 Å². The maximum absolute atomic E-state index is 9.94. The Balaban J connectivity index is 0.00000288. The molecular weight excluding hydrogens is 337 g/mol. The van der Waals surface area contributed by atoms with Gasteiger partial charge in [0.1, 0.15) is 48.8 Å². The zero-order valence-corrected chi connectivity index (χ0v) is 12.5. The summed E-state index contributed by atoms with van der Waals surface area (Å²) in [6.07, 6.45) is -15.6. The first-order valence-corrected chi connectivity index (χ1v) is 7.08. The molecule has 0 bridgehead atoms. The monoisotopic (exact) mass is 361 g/mol. The normalized spacial score (nSPS) is 49.5. The van der Waals surface area contributed by atoms with E-state index in [1.54, 1.807) is 0 Å². The van der Waals surface area contributed by atoms with Crippen LogP contribution >= 0.6 is 0 Å². The summed E-state index contributed by atoms with van der Waals surface area (Å²) in [7, 11) is 0. The van der Waals surface area contributed by atoms with E-state index < -0.39 is 74.6 Å². The third-order valence-corrected chi connectivity index (χ3v) is 3.98. The summed E-state index contributed by atoms with van der Waals surface area (Å²) in [5.74, 6) is 0. The molecule has 2 fully saturated rings. The molecule has 10 atom stereocenters. The summed E-state index contributed by atoms with van der Waals surface area (Å²) in [6.45, 7) is -1.35.